The highest BCUT2D eigenvalue weighted by atomic mass is 15.1. The van der Waals surface area contributed by atoms with Crippen LogP contribution in [0.25, 0.3) is 0 Å². The first-order chi connectivity index (χ1) is 9.17. The average Bonchev–Trinajstić information content (AvgIpc) is 2.43. The van der Waals surface area contributed by atoms with Gasteiger partial charge in [-0.05, 0) is 52.8 Å². The summed E-state index contributed by atoms with van der Waals surface area (Å²) in [4.78, 5) is 4.78. The summed E-state index contributed by atoms with van der Waals surface area (Å²) in [6.45, 7) is 6.75. The van der Waals surface area contributed by atoms with E-state index >= 15 is 0 Å². The topological polar surface area (TPSA) is 18.5 Å². The predicted octanol–water partition coefficient (Wildman–Crippen LogP) is 2.22. The minimum Gasteiger partial charge on any atom is -0.312 e. The third-order valence-corrected chi connectivity index (χ3v) is 3.52. The van der Waals surface area contributed by atoms with Gasteiger partial charge in [-0.3, -0.25) is 0 Å². The van der Waals surface area contributed by atoms with Crippen LogP contribution in [-0.2, 0) is 0 Å². The number of hydrogen-bond acceptors (Lipinski definition) is 3. The zero-order valence-electron chi connectivity index (χ0n) is 12.9. The van der Waals surface area contributed by atoms with Crippen molar-refractivity contribution >= 4 is 0 Å². The van der Waals surface area contributed by atoms with Crippen LogP contribution in [0.5, 0.6) is 0 Å². The molecular formula is C16H29N3. The molecular weight excluding hydrogens is 234 g/mol. The van der Waals surface area contributed by atoms with E-state index in [2.05, 4.69) is 66.5 Å². The number of nitrogens with zero attached hydrogens (tertiary/aromatic N) is 2. The van der Waals surface area contributed by atoms with Gasteiger partial charge in [0.1, 0.15) is 0 Å². The fourth-order valence-electron chi connectivity index (χ4n) is 2.30. The molecule has 0 aliphatic carbocycles. The SMILES string of the molecule is CCN(CCCN(C)C)CC(NC)c1ccccc1. The van der Waals surface area contributed by atoms with Crippen molar-refractivity contribution in [2.45, 2.75) is 19.4 Å². The molecule has 3 heteroatoms. The second-order valence-electron chi connectivity index (χ2n) is 5.30. The molecule has 1 unspecified atom stereocenters. The molecule has 0 aromatic heterocycles. The lowest BCUT2D eigenvalue weighted by Crippen LogP contribution is -2.35. The van der Waals surface area contributed by atoms with Gasteiger partial charge in [-0.1, -0.05) is 37.3 Å². The molecule has 1 rings (SSSR count). The molecule has 0 radical (unpaired) electrons. The summed E-state index contributed by atoms with van der Waals surface area (Å²) in [7, 11) is 6.32. The molecule has 19 heavy (non-hydrogen) atoms. The van der Waals surface area contributed by atoms with Crippen molar-refractivity contribution in [3.8, 4) is 0 Å². The van der Waals surface area contributed by atoms with E-state index in [0.29, 0.717) is 6.04 Å². The first-order valence-electron chi connectivity index (χ1n) is 7.26. The smallest absolute Gasteiger partial charge is 0.0446 e. The molecule has 3 nitrogen and oxygen atoms in total. The minimum atomic E-state index is 0.417. The van der Waals surface area contributed by atoms with Gasteiger partial charge in [0.2, 0.25) is 0 Å². The van der Waals surface area contributed by atoms with Crippen LogP contribution in [0.1, 0.15) is 24.9 Å². The molecule has 0 amide bonds. The van der Waals surface area contributed by atoms with Gasteiger partial charge in [0, 0.05) is 12.6 Å². The second-order valence-corrected chi connectivity index (χ2v) is 5.30. The molecule has 1 aromatic carbocycles. The van der Waals surface area contributed by atoms with Crippen molar-refractivity contribution < 1.29 is 0 Å². The summed E-state index contributed by atoms with van der Waals surface area (Å²) in [5, 5.41) is 3.43. The van der Waals surface area contributed by atoms with Crippen LogP contribution in [0, 0.1) is 0 Å². The lowest BCUT2D eigenvalue weighted by atomic mass is 10.1. The standard InChI is InChI=1S/C16H29N3/c1-5-19(13-9-12-18(3)4)14-16(17-2)15-10-7-6-8-11-15/h6-8,10-11,16-17H,5,9,12-14H2,1-4H3. The largest absolute Gasteiger partial charge is 0.312 e. The first kappa shape index (κ1) is 16.2. The molecule has 0 bridgehead atoms. The highest BCUT2D eigenvalue weighted by Crippen LogP contribution is 2.13. The molecule has 0 saturated carbocycles. The van der Waals surface area contributed by atoms with Crippen LogP contribution in [0.2, 0.25) is 0 Å². The van der Waals surface area contributed by atoms with Gasteiger partial charge in [-0.25, -0.2) is 0 Å². The summed E-state index contributed by atoms with van der Waals surface area (Å²) in [6, 6.07) is 11.1. The van der Waals surface area contributed by atoms with Crippen LogP contribution in [0.15, 0.2) is 30.3 Å². The van der Waals surface area contributed by atoms with Gasteiger partial charge in [-0.2, -0.15) is 0 Å². The molecule has 108 valence electrons. The van der Waals surface area contributed by atoms with Crippen LogP contribution in [0.4, 0.5) is 0 Å². The zero-order chi connectivity index (χ0) is 14.1. The zero-order valence-corrected chi connectivity index (χ0v) is 12.9. The maximum absolute atomic E-state index is 3.43. The quantitative estimate of drug-likeness (QED) is 0.737. The van der Waals surface area contributed by atoms with Crippen LogP contribution in [0.3, 0.4) is 0 Å². The molecule has 0 saturated heterocycles. The molecule has 0 fully saturated rings. The van der Waals surface area contributed by atoms with Crippen LogP contribution < -0.4 is 5.32 Å². The monoisotopic (exact) mass is 263 g/mol. The highest BCUT2D eigenvalue weighted by Gasteiger charge is 2.12. The van der Waals surface area contributed by atoms with Crippen LogP contribution >= 0.6 is 0 Å². The van der Waals surface area contributed by atoms with E-state index in [4.69, 9.17) is 0 Å². The summed E-state index contributed by atoms with van der Waals surface area (Å²) < 4.78 is 0. The molecule has 1 aromatic rings. The van der Waals surface area contributed by atoms with Crippen molar-refractivity contribution in [3.63, 3.8) is 0 Å². The van der Waals surface area contributed by atoms with Crippen molar-refractivity contribution in [3.05, 3.63) is 35.9 Å². The van der Waals surface area contributed by atoms with Crippen molar-refractivity contribution in [1.29, 1.82) is 0 Å². The summed E-state index contributed by atoms with van der Waals surface area (Å²) in [5.41, 5.74) is 1.37. The molecule has 0 heterocycles. The van der Waals surface area contributed by atoms with Crippen molar-refractivity contribution in [1.82, 2.24) is 15.1 Å². The third-order valence-electron chi connectivity index (χ3n) is 3.52. The Morgan fingerprint density at radius 1 is 1.11 bits per heavy atom. The fourth-order valence-corrected chi connectivity index (χ4v) is 2.30. The second kappa shape index (κ2) is 9.08. The Bertz CT molecular complexity index is 324. The normalized spacial score (nSPS) is 13.2. The van der Waals surface area contributed by atoms with Crippen molar-refractivity contribution in [2.24, 2.45) is 0 Å². The fraction of sp³-hybridized carbons (Fsp3) is 0.625. The van der Waals surface area contributed by atoms with E-state index in [1.807, 2.05) is 7.05 Å². The number of benzene rings is 1. The van der Waals surface area contributed by atoms with Crippen LogP contribution in [-0.4, -0.2) is 57.1 Å². The lowest BCUT2D eigenvalue weighted by Gasteiger charge is -2.27. The van der Waals surface area contributed by atoms with Gasteiger partial charge in [0.05, 0.1) is 0 Å². The number of rotatable bonds is 9. The maximum atomic E-state index is 3.43. The molecule has 0 aliphatic heterocycles. The Morgan fingerprint density at radius 3 is 2.32 bits per heavy atom. The van der Waals surface area contributed by atoms with E-state index in [-0.39, 0.29) is 0 Å². The average molecular weight is 263 g/mol. The lowest BCUT2D eigenvalue weighted by molar-refractivity contribution is 0.243. The highest BCUT2D eigenvalue weighted by molar-refractivity contribution is 5.19. The Morgan fingerprint density at radius 2 is 1.79 bits per heavy atom. The molecule has 1 atom stereocenters. The van der Waals surface area contributed by atoms with Gasteiger partial charge in [0.15, 0.2) is 0 Å². The first-order valence-corrected chi connectivity index (χ1v) is 7.26. The molecule has 0 aliphatic rings. The van der Waals surface area contributed by atoms with Gasteiger partial charge in [0.25, 0.3) is 0 Å². The Kier molecular flexibility index (Phi) is 7.72. The minimum absolute atomic E-state index is 0.417. The molecule has 1 N–H and O–H groups in total. The Balaban J connectivity index is 2.48. The predicted molar refractivity (Wildman–Crippen MR) is 83.5 cm³/mol. The third kappa shape index (κ3) is 6.19. The Hall–Kier alpha value is -0.900. The van der Waals surface area contributed by atoms with E-state index in [9.17, 15) is 0 Å². The Labute approximate surface area is 118 Å². The van der Waals surface area contributed by atoms with Crippen molar-refractivity contribution in [2.75, 3.05) is 47.3 Å². The number of hydrogen-bond donors (Lipinski definition) is 1. The number of nitrogens with one attached hydrogen (secondary N) is 1. The van der Waals surface area contributed by atoms with E-state index in [0.717, 1.165) is 19.6 Å². The molecule has 0 spiro atoms. The number of likely N-dealkylation sites (N-methyl/N-ethyl adjacent to an activating group) is 2. The summed E-state index contributed by atoms with van der Waals surface area (Å²) >= 11 is 0. The maximum Gasteiger partial charge on any atom is 0.0446 e. The van der Waals surface area contributed by atoms with E-state index < -0.39 is 0 Å². The van der Waals surface area contributed by atoms with Gasteiger partial charge < -0.3 is 15.1 Å². The summed E-state index contributed by atoms with van der Waals surface area (Å²) in [6.07, 6.45) is 1.23. The van der Waals surface area contributed by atoms with Gasteiger partial charge >= 0.3 is 0 Å². The van der Waals surface area contributed by atoms with Gasteiger partial charge in [-0.15, -0.1) is 0 Å². The summed E-state index contributed by atoms with van der Waals surface area (Å²) in [5.74, 6) is 0. The van der Waals surface area contributed by atoms with E-state index in [1.165, 1.54) is 18.5 Å². The van der Waals surface area contributed by atoms with E-state index in [1.54, 1.807) is 0 Å².